The highest BCUT2D eigenvalue weighted by Gasteiger charge is 2.22. The number of amides is 3. The maximum Gasteiger partial charge on any atom is 0.321 e. The number of carbonyl (C=O) groups is 3. The van der Waals surface area contributed by atoms with Crippen LogP contribution in [0.25, 0.3) is 0 Å². The van der Waals surface area contributed by atoms with Gasteiger partial charge in [0.25, 0.3) is 5.91 Å². The zero-order valence-corrected chi connectivity index (χ0v) is 16.2. The summed E-state index contributed by atoms with van der Waals surface area (Å²) in [6.07, 6.45) is -1.06. The number of imide groups is 1. The van der Waals surface area contributed by atoms with Crippen LogP contribution in [-0.2, 0) is 20.1 Å². The molecule has 1 heterocycles. The minimum absolute atomic E-state index is 0.0792. The minimum atomic E-state index is -1.06. The summed E-state index contributed by atoms with van der Waals surface area (Å²) in [5, 5.41) is 8.57. The summed E-state index contributed by atoms with van der Waals surface area (Å²) in [4.78, 5) is 35.3. The number of nitrogens with one attached hydrogen (secondary N) is 2. The predicted molar refractivity (Wildman–Crippen MR) is 94.1 cm³/mol. The van der Waals surface area contributed by atoms with Gasteiger partial charge in [-0.3, -0.25) is 14.9 Å². The smallest absolute Gasteiger partial charge is 0.321 e. The molecule has 0 aliphatic carbocycles. The largest absolute Gasteiger partial charge is 0.452 e. The van der Waals surface area contributed by atoms with Gasteiger partial charge < -0.3 is 14.6 Å². The average Bonchev–Trinajstić information content (AvgIpc) is 2.76. The summed E-state index contributed by atoms with van der Waals surface area (Å²) < 4.78 is 10.1. The van der Waals surface area contributed by atoms with Gasteiger partial charge in [-0.1, -0.05) is 5.16 Å². The van der Waals surface area contributed by atoms with Gasteiger partial charge in [0.1, 0.15) is 5.76 Å². The maximum atomic E-state index is 11.8. The number of esters is 1. The Morgan fingerprint density at radius 2 is 1.92 bits per heavy atom. The SMILES string of the molecule is Cc1noc(C)c1CSCC(=O)OC(C)C(=O)NC(=O)NC(C)(C)C. The van der Waals surface area contributed by atoms with E-state index in [2.05, 4.69) is 15.8 Å². The average molecular weight is 371 g/mol. The second-order valence-corrected chi connectivity index (χ2v) is 7.61. The molecule has 1 unspecified atom stereocenters. The van der Waals surface area contributed by atoms with Crippen molar-refractivity contribution < 1.29 is 23.6 Å². The van der Waals surface area contributed by atoms with Crippen molar-refractivity contribution >= 4 is 29.7 Å². The Labute approximate surface area is 151 Å². The van der Waals surface area contributed by atoms with E-state index in [1.807, 2.05) is 13.8 Å². The van der Waals surface area contributed by atoms with Gasteiger partial charge in [-0.2, -0.15) is 0 Å². The molecular formula is C16H25N3O5S. The van der Waals surface area contributed by atoms with E-state index in [4.69, 9.17) is 9.26 Å². The molecule has 8 nitrogen and oxygen atoms in total. The van der Waals surface area contributed by atoms with Gasteiger partial charge >= 0.3 is 12.0 Å². The molecule has 0 saturated heterocycles. The summed E-state index contributed by atoms with van der Waals surface area (Å²) in [6.45, 7) is 10.4. The van der Waals surface area contributed by atoms with Crippen LogP contribution in [-0.4, -0.2) is 40.5 Å². The number of ether oxygens (including phenoxy) is 1. The number of rotatable bonds is 6. The molecule has 0 aliphatic heterocycles. The van der Waals surface area contributed by atoms with E-state index in [0.717, 1.165) is 17.0 Å². The molecule has 0 bridgehead atoms. The highest BCUT2D eigenvalue weighted by Crippen LogP contribution is 2.19. The second-order valence-electron chi connectivity index (χ2n) is 6.62. The fraction of sp³-hybridized carbons (Fsp3) is 0.625. The molecule has 1 aromatic heterocycles. The topological polar surface area (TPSA) is 111 Å². The van der Waals surface area contributed by atoms with Gasteiger partial charge in [0.05, 0.1) is 11.4 Å². The van der Waals surface area contributed by atoms with Crippen LogP contribution in [0.3, 0.4) is 0 Å². The molecule has 0 saturated carbocycles. The van der Waals surface area contributed by atoms with E-state index in [0.29, 0.717) is 5.75 Å². The quantitative estimate of drug-likeness (QED) is 0.737. The van der Waals surface area contributed by atoms with Gasteiger partial charge in [0, 0.05) is 16.9 Å². The summed E-state index contributed by atoms with van der Waals surface area (Å²) >= 11 is 1.34. The molecule has 2 N–H and O–H groups in total. The Balaban J connectivity index is 2.35. The Hall–Kier alpha value is -2.03. The standard InChI is InChI=1S/C16H25N3O5S/c1-9-12(10(2)24-19-9)7-25-8-13(20)23-11(3)14(21)17-15(22)18-16(4,5)6/h11H,7-8H2,1-6H3,(H2,17,18,21,22). The van der Waals surface area contributed by atoms with E-state index >= 15 is 0 Å². The van der Waals surface area contributed by atoms with Crippen LogP contribution in [0, 0.1) is 13.8 Å². The molecule has 0 radical (unpaired) electrons. The summed E-state index contributed by atoms with van der Waals surface area (Å²) in [5.41, 5.74) is 1.26. The van der Waals surface area contributed by atoms with Gasteiger partial charge in [-0.25, -0.2) is 4.79 Å². The molecule has 1 atom stereocenters. The number of hydrogen-bond acceptors (Lipinski definition) is 7. The zero-order chi connectivity index (χ0) is 19.2. The molecule has 0 spiro atoms. The summed E-state index contributed by atoms with van der Waals surface area (Å²) in [5.74, 6) is 0.151. The van der Waals surface area contributed by atoms with Crippen molar-refractivity contribution in [1.82, 2.24) is 15.8 Å². The van der Waals surface area contributed by atoms with Crippen LogP contribution in [0.15, 0.2) is 4.52 Å². The number of carbonyl (C=O) groups excluding carboxylic acids is 3. The minimum Gasteiger partial charge on any atom is -0.452 e. The highest BCUT2D eigenvalue weighted by molar-refractivity contribution is 7.99. The first-order valence-electron chi connectivity index (χ1n) is 7.81. The van der Waals surface area contributed by atoms with E-state index in [9.17, 15) is 14.4 Å². The number of aromatic nitrogens is 1. The van der Waals surface area contributed by atoms with Crippen molar-refractivity contribution in [2.75, 3.05) is 5.75 Å². The normalized spacial score (nSPS) is 12.4. The Bertz CT molecular complexity index is 617. The third kappa shape index (κ3) is 7.59. The van der Waals surface area contributed by atoms with Crippen molar-refractivity contribution in [1.29, 1.82) is 0 Å². The lowest BCUT2D eigenvalue weighted by Gasteiger charge is -2.21. The van der Waals surface area contributed by atoms with Gasteiger partial charge in [-0.15, -0.1) is 11.8 Å². The Morgan fingerprint density at radius 1 is 1.28 bits per heavy atom. The maximum absolute atomic E-state index is 11.8. The number of thioether (sulfide) groups is 1. The van der Waals surface area contributed by atoms with E-state index < -0.39 is 29.6 Å². The van der Waals surface area contributed by atoms with Crippen molar-refractivity contribution in [3.63, 3.8) is 0 Å². The molecular weight excluding hydrogens is 346 g/mol. The van der Waals surface area contributed by atoms with E-state index in [1.165, 1.54) is 18.7 Å². The van der Waals surface area contributed by atoms with Crippen LogP contribution < -0.4 is 10.6 Å². The zero-order valence-electron chi connectivity index (χ0n) is 15.4. The molecule has 0 aliphatic rings. The van der Waals surface area contributed by atoms with Crippen molar-refractivity contribution in [3.8, 4) is 0 Å². The van der Waals surface area contributed by atoms with Crippen LogP contribution >= 0.6 is 11.8 Å². The number of urea groups is 1. The number of nitrogens with zero attached hydrogens (tertiary/aromatic N) is 1. The fourth-order valence-corrected chi connectivity index (χ4v) is 2.77. The van der Waals surface area contributed by atoms with Crippen molar-refractivity contribution in [3.05, 3.63) is 17.0 Å². The van der Waals surface area contributed by atoms with Crippen LogP contribution in [0.1, 0.15) is 44.7 Å². The molecule has 0 aromatic carbocycles. The summed E-state index contributed by atoms with van der Waals surface area (Å²) in [7, 11) is 0. The third-order valence-electron chi connectivity index (χ3n) is 3.05. The van der Waals surface area contributed by atoms with Crippen molar-refractivity contribution in [2.45, 2.75) is 58.9 Å². The number of hydrogen-bond donors (Lipinski definition) is 2. The Morgan fingerprint density at radius 3 is 2.44 bits per heavy atom. The predicted octanol–water partition coefficient (Wildman–Crippen LogP) is 2.08. The molecule has 9 heteroatoms. The van der Waals surface area contributed by atoms with Gasteiger partial charge in [-0.05, 0) is 41.5 Å². The van der Waals surface area contributed by atoms with Crippen molar-refractivity contribution in [2.24, 2.45) is 0 Å². The van der Waals surface area contributed by atoms with Crippen LogP contribution in [0.5, 0.6) is 0 Å². The first-order valence-corrected chi connectivity index (χ1v) is 8.97. The second kappa shape index (κ2) is 8.89. The molecule has 25 heavy (non-hydrogen) atoms. The Kier molecular flexibility index (Phi) is 7.47. The first kappa shape index (κ1) is 21.0. The number of aryl methyl sites for hydroxylation is 2. The summed E-state index contributed by atoms with van der Waals surface area (Å²) in [6, 6.07) is -0.631. The van der Waals surface area contributed by atoms with E-state index in [1.54, 1.807) is 20.8 Å². The lowest BCUT2D eigenvalue weighted by molar-refractivity contribution is -0.151. The molecule has 1 rings (SSSR count). The van der Waals surface area contributed by atoms with Gasteiger partial charge in [0.15, 0.2) is 6.10 Å². The molecule has 3 amide bonds. The van der Waals surface area contributed by atoms with E-state index in [-0.39, 0.29) is 5.75 Å². The van der Waals surface area contributed by atoms with Crippen LogP contribution in [0.4, 0.5) is 4.79 Å². The monoisotopic (exact) mass is 371 g/mol. The first-order chi connectivity index (χ1) is 11.5. The third-order valence-corrected chi connectivity index (χ3v) is 3.98. The van der Waals surface area contributed by atoms with Gasteiger partial charge in [0.2, 0.25) is 0 Å². The molecule has 1 aromatic rings. The fourth-order valence-electron chi connectivity index (χ4n) is 1.81. The highest BCUT2D eigenvalue weighted by atomic mass is 32.2. The lowest BCUT2D eigenvalue weighted by Crippen LogP contribution is -2.50. The molecule has 140 valence electrons. The lowest BCUT2D eigenvalue weighted by atomic mass is 10.1. The molecule has 0 fully saturated rings. The van der Waals surface area contributed by atoms with Crippen LogP contribution in [0.2, 0.25) is 0 Å².